The van der Waals surface area contributed by atoms with Crippen LogP contribution in [0, 0.1) is 0 Å². The van der Waals surface area contributed by atoms with Crippen molar-refractivity contribution in [2.45, 2.75) is 55.4 Å². The van der Waals surface area contributed by atoms with Crippen molar-refractivity contribution in [2.75, 3.05) is 11.5 Å². The molecule has 2 N–H and O–H groups in total. The number of carboxylic acid groups (broad SMARTS) is 1. The minimum Gasteiger partial charge on any atom is -0.480 e. The quantitative estimate of drug-likeness (QED) is 0.785. The van der Waals surface area contributed by atoms with Crippen LogP contribution in [0.25, 0.3) is 0 Å². The minimum absolute atomic E-state index is 0.0331. The molecule has 1 aliphatic rings. The Kier molecular flexibility index (Phi) is 6.23. The van der Waals surface area contributed by atoms with Crippen molar-refractivity contribution >= 4 is 40.5 Å². The summed E-state index contributed by atoms with van der Waals surface area (Å²) in [5, 5.41) is 9.46. The van der Waals surface area contributed by atoms with Crippen molar-refractivity contribution < 1.29 is 14.1 Å². The minimum atomic E-state index is -1.16. The van der Waals surface area contributed by atoms with E-state index < -0.39 is 21.0 Å². The van der Waals surface area contributed by atoms with E-state index in [0.717, 1.165) is 17.9 Å². The highest BCUT2D eigenvalue weighted by molar-refractivity contribution is 8.22. The molecule has 1 heterocycles. The van der Waals surface area contributed by atoms with Gasteiger partial charge in [-0.2, -0.15) is 0 Å². The molecule has 0 spiro atoms. The lowest BCUT2D eigenvalue weighted by molar-refractivity contribution is -0.137. The SMILES string of the molecule is CC[C@@H](CC1(C(=O)O)SCCS1)NS(=O)C(C)(C)C. The number of thioether (sulfide) groups is 2. The summed E-state index contributed by atoms with van der Waals surface area (Å²) in [6.07, 6.45) is 1.29. The van der Waals surface area contributed by atoms with E-state index in [-0.39, 0.29) is 10.8 Å². The second kappa shape index (κ2) is 6.83. The van der Waals surface area contributed by atoms with Crippen molar-refractivity contribution in [3.63, 3.8) is 0 Å². The van der Waals surface area contributed by atoms with Gasteiger partial charge in [-0.15, -0.1) is 23.5 Å². The summed E-state index contributed by atoms with van der Waals surface area (Å²) >= 11 is 3.00. The molecule has 0 radical (unpaired) electrons. The van der Waals surface area contributed by atoms with E-state index in [2.05, 4.69) is 4.72 Å². The Labute approximate surface area is 126 Å². The standard InChI is InChI=1S/C12H23NO3S3/c1-5-9(13-19(16)11(2,3)4)8-12(10(14)15)17-6-7-18-12/h9,13H,5-8H2,1-4H3,(H,14,15)/t9-,19?/m0/s1. The van der Waals surface area contributed by atoms with Crippen LogP contribution in [0.1, 0.15) is 40.5 Å². The van der Waals surface area contributed by atoms with Gasteiger partial charge in [-0.05, 0) is 33.6 Å². The highest BCUT2D eigenvalue weighted by atomic mass is 32.2. The fourth-order valence-corrected chi connectivity index (χ4v) is 5.66. The largest absolute Gasteiger partial charge is 0.480 e. The molecule has 0 saturated carbocycles. The zero-order chi connectivity index (χ0) is 14.7. The van der Waals surface area contributed by atoms with Crippen LogP contribution >= 0.6 is 23.5 Å². The zero-order valence-corrected chi connectivity index (χ0v) is 14.3. The third kappa shape index (κ3) is 4.65. The van der Waals surface area contributed by atoms with Crippen LogP contribution in [0.3, 0.4) is 0 Å². The molecule has 0 bridgehead atoms. The van der Waals surface area contributed by atoms with Gasteiger partial charge in [0.05, 0.1) is 15.7 Å². The Bertz CT molecular complexity index is 349. The number of hydrogen-bond acceptors (Lipinski definition) is 4. The lowest BCUT2D eigenvalue weighted by atomic mass is 10.1. The normalized spacial score (nSPS) is 22.1. The molecular weight excluding hydrogens is 302 g/mol. The van der Waals surface area contributed by atoms with Crippen molar-refractivity contribution in [2.24, 2.45) is 0 Å². The number of aliphatic carboxylic acids is 1. The molecule has 7 heteroatoms. The Balaban J connectivity index is 2.71. The monoisotopic (exact) mass is 325 g/mol. The van der Waals surface area contributed by atoms with Gasteiger partial charge in [0.25, 0.3) is 0 Å². The maximum atomic E-state index is 12.1. The van der Waals surface area contributed by atoms with E-state index >= 15 is 0 Å². The highest BCUT2D eigenvalue weighted by Gasteiger charge is 2.45. The predicted molar refractivity (Wildman–Crippen MR) is 85.0 cm³/mol. The van der Waals surface area contributed by atoms with E-state index in [1.807, 2.05) is 27.7 Å². The fourth-order valence-electron chi connectivity index (χ4n) is 1.71. The molecule has 0 aromatic carbocycles. The Morgan fingerprint density at radius 1 is 1.42 bits per heavy atom. The van der Waals surface area contributed by atoms with E-state index in [1.54, 1.807) is 0 Å². The van der Waals surface area contributed by atoms with Crippen LogP contribution in [0.2, 0.25) is 0 Å². The molecule has 4 nitrogen and oxygen atoms in total. The van der Waals surface area contributed by atoms with Crippen molar-refractivity contribution in [1.29, 1.82) is 0 Å². The van der Waals surface area contributed by atoms with Gasteiger partial charge in [0.2, 0.25) is 0 Å². The topological polar surface area (TPSA) is 66.4 Å². The summed E-state index contributed by atoms with van der Waals surface area (Å²) in [6.45, 7) is 7.73. The number of carboxylic acids is 1. The zero-order valence-electron chi connectivity index (χ0n) is 11.9. The third-order valence-corrected chi connectivity index (χ3v) is 7.97. The summed E-state index contributed by atoms with van der Waals surface area (Å²) in [5.41, 5.74) is 0. The maximum Gasteiger partial charge on any atom is 0.330 e. The first-order valence-electron chi connectivity index (χ1n) is 6.40. The van der Waals surface area contributed by atoms with E-state index in [4.69, 9.17) is 0 Å². The molecular formula is C12H23NO3S3. The second-order valence-electron chi connectivity index (χ2n) is 5.56. The molecule has 1 saturated heterocycles. The molecule has 2 atom stereocenters. The van der Waals surface area contributed by atoms with Gasteiger partial charge >= 0.3 is 5.97 Å². The van der Waals surface area contributed by atoms with Crippen LogP contribution in [-0.2, 0) is 15.8 Å². The van der Waals surface area contributed by atoms with Gasteiger partial charge < -0.3 is 5.11 Å². The average Bonchev–Trinajstić information content (AvgIpc) is 2.76. The fraction of sp³-hybridized carbons (Fsp3) is 0.917. The first-order chi connectivity index (χ1) is 8.71. The lowest BCUT2D eigenvalue weighted by Gasteiger charge is -2.29. The molecule has 1 aliphatic heterocycles. The van der Waals surface area contributed by atoms with Gasteiger partial charge in [-0.1, -0.05) is 6.92 Å². The summed E-state index contributed by atoms with van der Waals surface area (Å²) < 4.78 is 14.1. The van der Waals surface area contributed by atoms with Crippen LogP contribution in [0.4, 0.5) is 0 Å². The first kappa shape index (κ1) is 17.3. The summed E-state index contributed by atoms with van der Waals surface area (Å²) in [5.74, 6) is 0.979. The van der Waals surface area contributed by atoms with Crippen LogP contribution in [0.5, 0.6) is 0 Å². The molecule has 0 aromatic heterocycles. The Hall–Kier alpha value is 0.280. The predicted octanol–water partition coefficient (Wildman–Crippen LogP) is 2.47. The number of carbonyl (C=O) groups is 1. The van der Waals surface area contributed by atoms with Gasteiger partial charge in [-0.3, -0.25) is 0 Å². The van der Waals surface area contributed by atoms with Crippen molar-refractivity contribution in [3.05, 3.63) is 0 Å². The maximum absolute atomic E-state index is 12.1. The lowest BCUT2D eigenvalue weighted by Crippen LogP contribution is -2.44. The van der Waals surface area contributed by atoms with Gasteiger partial charge in [0.15, 0.2) is 4.08 Å². The van der Waals surface area contributed by atoms with E-state index in [9.17, 15) is 14.1 Å². The first-order valence-corrected chi connectivity index (χ1v) is 9.53. The molecule has 0 aliphatic carbocycles. The molecule has 0 amide bonds. The summed E-state index contributed by atoms with van der Waals surface area (Å²) in [7, 11) is -1.16. The molecule has 112 valence electrons. The second-order valence-corrected chi connectivity index (χ2v) is 10.6. The van der Waals surface area contributed by atoms with Gasteiger partial charge in [-0.25, -0.2) is 13.7 Å². The molecule has 19 heavy (non-hydrogen) atoms. The van der Waals surface area contributed by atoms with E-state index in [0.29, 0.717) is 6.42 Å². The van der Waals surface area contributed by atoms with Crippen molar-refractivity contribution in [1.82, 2.24) is 4.72 Å². The smallest absolute Gasteiger partial charge is 0.330 e. The third-order valence-electron chi connectivity index (χ3n) is 2.92. The van der Waals surface area contributed by atoms with Crippen LogP contribution < -0.4 is 4.72 Å². The Morgan fingerprint density at radius 2 is 1.95 bits per heavy atom. The highest BCUT2D eigenvalue weighted by Crippen LogP contribution is 2.47. The van der Waals surface area contributed by atoms with Gasteiger partial charge in [0.1, 0.15) is 0 Å². The number of rotatable bonds is 6. The average molecular weight is 326 g/mol. The van der Waals surface area contributed by atoms with E-state index in [1.165, 1.54) is 23.5 Å². The number of hydrogen-bond donors (Lipinski definition) is 2. The van der Waals surface area contributed by atoms with Crippen molar-refractivity contribution in [3.8, 4) is 0 Å². The molecule has 1 unspecified atom stereocenters. The molecule has 1 fully saturated rings. The molecule has 0 aromatic rings. The summed E-state index contributed by atoms with van der Waals surface area (Å²) in [6, 6.07) is -0.0331. The molecule has 1 rings (SSSR count). The van der Waals surface area contributed by atoms with Crippen LogP contribution in [-0.4, -0.2) is 41.7 Å². The summed E-state index contributed by atoms with van der Waals surface area (Å²) in [4.78, 5) is 11.5. The van der Waals surface area contributed by atoms with Crippen LogP contribution in [0.15, 0.2) is 0 Å². The number of nitrogens with one attached hydrogen (secondary N) is 1. The van der Waals surface area contributed by atoms with Gasteiger partial charge in [0, 0.05) is 17.5 Å². The Morgan fingerprint density at radius 3 is 2.32 bits per heavy atom.